The average molecular weight is 376 g/mol. The molecule has 28 heavy (non-hydrogen) atoms. The van der Waals surface area contributed by atoms with Gasteiger partial charge < -0.3 is 10.4 Å². The topological polar surface area (TPSA) is 80.0 Å². The first-order chi connectivity index (χ1) is 13.6. The van der Waals surface area contributed by atoms with E-state index in [-0.39, 0.29) is 23.9 Å². The van der Waals surface area contributed by atoms with Crippen molar-refractivity contribution in [3.05, 3.63) is 83.1 Å². The number of halogens is 1. The van der Waals surface area contributed by atoms with E-state index in [1.807, 2.05) is 12.1 Å². The van der Waals surface area contributed by atoms with Crippen LogP contribution in [0.5, 0.6) is 5.75 Å². The molecule has 0 bridgehead atoms. The van der Waals surface area contributed by atoms with Gasteiger partial charge in [0.25, 0.3) is 0 Å². The number of allylic oxidation sites excluding steroid dienone is 2. The third kappa shape index (κ3) is 2.51. The zero-order chi connectivity index (χ0) is 19.3. The molecule has 0 unspecified atom stereocenters. The van der Waals surface area contributed by atoms with E-state index < -0.39 is 11.9 Å². The minimum absolute atomic E-state index is 0.0867. The Hall–Kier alpha value is -3.48. The molecule has 1 aliphatic carbocycles. The summed E-state index contributed by atoms with van der Waals surface area (Å²) in [5.74, 6) is 0.0112. The first-order valence-electron chi connectivity index (χ1n) is 9.08. The van der Waals surface area contributed by atoms with Gasteiger partial charge in [0.15, 0.2) is 5.78 Å². The molecule has 0 radical (unpaired) electrons. The van der Waals surface area contributed by atoms with E-state index in [1.54, 1.807) is 35.0 Å². The van der Waals surface area contributed by atoms with Crippen LogP contribution < -0.4 is 5.32 Å². The summed E-state index contributed by atoms with van der Waals surface area (Å²) in [7, 11) is 0. The number of para-hydroxylation sites is 1. The van der Waals surface area contributed by atoms with E-state index in [2.05, 4.69) is 15.4 Å². The normalized spacial score (nSPS) is 21.1. The molecular formula is C21H17FN4O2. The summed E-state index contributed by atoms with van der Waals surface area (Å²) in [6.45, 7) is 0. The first-order valence-corrected chi connectivity index (χ1v) is 9.08. The lowest BCUT2D eigenvalue weighted by atomic mass is 9.77. The van der Waals surface area contributed by atoms with Gasteiger partial charge in [-0.25, -0.2) is 9.07 Å². The highest BCUT2D eigenvalue weighted by atomic mass is 19.1. The molecule has 0 amide bonds. The van der Waals surface area contributed by atoms with Crippen molar-refractivity contribution >= 4 is 11.7 Å². The van der Waals surface area contributed by atoms with Crippen LogP contribution in [0.15, 0.2) is 66.1 Å². The molecule has 0 spiro atoms. The molecule has 0 saturated heterocycles. The Balaban J connectivity index is 1.63. The Bertz CT molecular complexity index is 1120. The second-order valence-electron chi connectivity index (χ2n) is 7.06. The third-order valence-corrected chi connectivity index (χ3v) is 5.44. The van der Waals surface area contributed by atoms with Crippen molar-refractivity contribution in [2.75, 3.05) is 5.32 Å². The second-order valence-corrected chi connectivity index (χ2v) is 7.06. The number of phenols is 1. The van der Waals surface area contributed by atoms with E-state index in [4.69, 9.17) is 0 Å². The molecule has 5 rings (SSSR count). The molecule has 6 nitrogen and oxygen atoms in total. The SMILES string of the molecule is O=C1C[C@H](c2ccccc2O)CC2=C1[C@@H](c1ccccc1F)n1ncnc1N2. The Labute approximate surface area is 160 Å². The van der Waals surface area contributed by atoms with Gasteiger partial charge in [0.1, 0.15) is 23.9 Å². The Kier molecular flexibility index (Phi) is 3.75. The smallest absolute Gasteiger partial charge is 0.226 e. The molecule has 2 aliphatic rings. The fourth-order valence-corrected chi connectivity index (χ4v) is 4.19. The van der Waals surface area contributed by atoms with Crippen LogP contribution >= 0.6 is 0 Å². The number of nitrogens with zero attached hydrogens (tertiary/aromatic N) is 3. The Morgan fingerprint density at radius 1 is 1.07 bits per heavy atom. The second kappa shape index (κ2) is 6.30. The molecule has 140 valence electrons. The van der Waals surface area contributed by atoms with Crippen LogP contribution in [0.2, 0.25) is 0 Å². The van der Waals surface area contributed by atoms with Crippen molar-refractivity contribution in [3.8, 4) is 5.75 Å². The molecule has 2 atom stereocenters. The van der Waals surface area contributed by atoms with Gasteiger partial charge in [-0.3, -0.25) is 4.79 Å². The number of carbonyl (C=O) groups is 1. The lowest BCUT2D eigenvalue weighted by Gasteiger charge is -2.35. The molecule has 2 N–H and O–H groups in total. The largest absolute Gasteiger partial charge is 0.508 e. The summed E-state index contributed by atoms with van der Waals surface area (Å²) >= 11 is 0. The third-order valence-electron chi connectivity index (χ3n) is 5.44. The average Bonchev–Trinajstić information content (AvgIpc) is 3.15. The fraction of sp³-hybridized carbons (Fsp3) is 0.190. The number of benzene rings is 2. The van der Waals surface area contributed by atoms with Crippen LogP contribution in [0.25, 0.3) is 0 Å². The predicted molar refractivity (Wildman–Crippen MR) is 100 cm³/mol. The number of anilines is 1. The maximum absolute atomic E-state index is 14.6. The van der Waals surface area contributed by atoms with E-state index in [0.717, 1.165) is 5.56 Å². The molecule has 3 aromatic rings. The number of hydrogen-bond donors (Lipinski definition) is 2. The van der Waals surface area contributed by atoms with E-state index in [0.29, 0.717) is 29.2 Å². The first kappa shape index (κ1) is 16.7. The van der Waals surface area contributed by atoms with Crippen LogP contribution in [0.3, 0.4) is 0 Å². The molecule has 2 aromatic carbocycles. The van der Waals surface area contributed by atoms with Gasteiger partial charge in [0.05, 0.1) is 0 Å². The van der Waals surface area contributed by atoms with Crippen molar-refractivity contribution < 1.29 is 14.3 Å². The Morgan fingerprint density at radius 2 is 1.82 bits per heavy atom. The van der Waals surface area contributed by atoms with Crippen LogP contribution in [-0.4, -0.2) is 25.7 Å². The number of Topliss-reactive ketones (excluding diaryl/α,β-unsaturated/α-hetero) is 1. The lowest BCUT2D eigenvalue weighted by Crippen LogP contribution is -2.34. The Morgan fingerprint density at radius 3 is 2.61 bits per heavy atom. The summed E-state index contributed by atoms with van der Waals surface area (Å²) in [6.07, 6.45) is 2.16. The van der Waals surface area contributed by atoms with Gasteiger partial charge in [-0.1, -0.05) is 36.4 Å². The molecule has 1 aliphatic heterocycles. The highest BCUT2D eigenvalue weighted by Gasteiger charge is 2.40. The van der Waals surface area contributed by atoms with Crippen molar-refractivity contribution in [2.24, 2.45) is 0 Å². The molecule has 0 fully saturated rings. The van der Waals surface area contributed by atoms with Gasteiger partial charge in [0, 0.05) is 29.2 Å². The number of ketones is 1. The monoisotopic (exact) mass is 376 g/mol. The van der Waals surface area contributed by atoms with Crippen molar-refractivity contribution in [2.45, 2.75) is 24.8 Å². The maximum atomic E-state index is 14.6. The number of phenolic OH excluding ortho intramolecular Hbond substituents is 1. The summed E-state index contributed by atoms with van der Waals surface area (Å²) in [6, 6.07) is 12.8. The summed E-state index contributed by atoms with van der Waals surface area (Å²) < 4.78 is 16.2. The molecule has 7 heteroatoms. The zero-order valence-electron chi connectivity index (χ0n) is 14.8. The predicted octanol–water partition coefficient (Wildman–Crippen LogP) is 3.54. The van der Waals surface area contributed by atoms with E-state index in [1.165, 1.54) is 12.4 Å². The van der Waals surface area contributed by atoms with Crippen LogP contribution in [-0.2, 0) is 4.79 Å². The van der Waals surface area contributed by atoms with Gasteiger partial charge in [-0.15, -0.1) is 0 Å². The van der Waals surface area contributed by atoms with Gasteiger partial charge in [-0.2, -0.15) is 10.1 Å². The van der Waals surface area contributed by atoms with E-state index in [9.17, 15) is 14.3 Å². The molecular weight excluding hydrogens is 359 g/mol. The highest BCUT2D eigenvalue weighted by molar-refractivity contribution is 6.00. The van der Waals surface area contributed by atoms with Crippen LogP contribution in [0, 0.1) is 5.82 Å². The van der Waals surface area contributed by atoms with Crippen molar-refractivity contribution in [1.29, 1.82) is 0 Å². The standard InChI is InChI=1S/C21H17FN4O2/c22-15-7-3-1-6-14(15)20-19-16(25-21-23-11-24-26(20)21)9-12(10-18(19)28)13-5-2-4-8-17(13)27/h1-8,11-12,20,27H,9-10H2,(H,23,24,25)/t12-,20-/m1/s1. The van der Waals surface area contributed by atoms with Gasteiger partial charge in [0.2, 0.25) is 5.95 Å². The van der Waals surface area contributed by atoms with Crippen LogP contribution in [0.1, 0.15) is 35.9 Å². The summed E-state index contributed by atoms with van der Waals surface area (Å²) in [5, 5.41) is 17.6. The maximum Gasteiger partial charge on any atom is 0.226 e. The number of aromatic hydroxyl groups is 1. The number of carbonyl (C=O) groups excluding carboxylic acids is 1. The minimum Gasteiger partial charge on any atom is -0.508 e. The quantitative estimate of drug-likeness (QED) is 0.715. The van der Waals surface area contributed by atoms with Gasteiger partial charge in [-0.05, 0) is 24.1 Å². The summed E-state index contributed by atoms with van der Waals surface area (Å²) in [4.78, 5) is 17.4. The number of nitrogens with one attached hydrogen (secondary N) is 1. The molecule has 1 aromatic heterocycles. The zero-order valence-corrected chi connectivity index (χ0v) is 14.8. The van der Waals surface area contributed by atoms with Crippen LogP contribution in [0.4, 0.5) is 10.3 Å². The lowest BCUT2D eigenvalue weighted by molar-refractivity contribution is -0.116. The number of rotatable bonds is 2. The number of aromatic nitrogens is 3. The molecule has 2 heterocycles. The fourth-order valence-electron chi connectivity index (χ4n) is 4.19. The minimum atomic E-state index is -0.659. The molecule has 0 saturated carbocycles. The van der Waals surface area contributed by atoms with Crippen molar-refractivity contribution in [1.82, 2.24) is 14.8 Å². The van der Waals surface area contributed by atoms with Crippen molar-refractivity contribution in [3.63, 3.8) is 0 Å². The number of hydrogen-bond acceptors (Lipinski definition) is 5. The number of fused-ring (bicyclic) bond motifs is 1. The van der Waals surface area contributed by atoms with E-state index >= 15 is 0 Å². The van der Waals surface area contributed by atoms with Gasteiger partial charge >= 0.3 is 0 Å². The summed E-state index contributed by atoms with van der Waals surface area (Å²) in [5.41, 5.74) is 2.34. The highest BCUT2D eigenvalue weighted by Crippen LogP contribution is 2.45.